The third-order valence-electron chi connectivity index (χ3n) is 18.9. The van der Waals surface area contributed by atoms with Crippen LogP contribution in [0.2, 0.25) is 0 Å². The predicted molar refractivity (Wildman–Crippen MR) is 430 cm³/mol. The summed E-state index contributed by atoms with van der Waals surface area (Å²) in [7, 11) is 0. The minimum Gasteiger partial charge on any atom is -0.508 e. The van der Waals surface area contributed by atoms with Gasteiger partial charge in [0, 0.05) is 38.5 Å². The number of carbonyl (C=O) groups excluding carboxylic acids is 15. The number of primary amides is 1. The van der Waals surface area contributed by atoms with E-state index in [1.165, 1.54) is 69.3 Å². The third kappa shape index (κ3) is 40.0. The summed E-state index contributed by atoms with van der Waals surface area (Å²) in [6.45, 7) is 9.70. The molecule has 0 aliphatic rings. The maximum atomic E-state index is 14.7. The van der Waals surface area contributed by atoms with Crippen LogP contribution in [0.5, 0.6) is 11.5 Å². The molecule has 16 atom stereocenters. The normalized spacial score (nSPS) is 15.0. The van der Waals surface area contributed by atoms with Gasteiger partial charge < -0.3 is 138 Å². The van der Waals surface area contributed by atoms with Crippen LogP contribution in [-0.2, 0) is 109 Å². The summed E-state index contributed by atoms with van der Waals surface area (Å²) >= 11 is 0. The molecule has 15 amide bonds. The molecule has 2 aromatic carbocycles. The molecular weight excluding hydrogens is 1630 g/mol. The van der Waals surface area contributed by atoms with E-state index in [9.17, 15) is 137 Å². The zero-order chi connectivity index (χ0) is 93.2. The number of phenols is 2. The Balaban J connectivity index is 2.42. The molecule has 123 heavy (non-hydrogen) atoms. The van der Waals surface area contributed by atoms with Crippen LogP contribution in [0.4, 0.5) is 0 Å². The number of aliphatic hydroxyl groups excluding tert-OH is 2. The van der Waals surface area contributed by atoms with E-state index >= 15 is 0 Å². The standard InChI is InChI=1S/C77H117N17O29/c1-9-38(6)62(93-69(114)48(23-27-58(103)104)85-70(115)51(31-41-13-17-43(97)18-14-41)88-71(116)52(32-42-15-19-44(98)20-16-42)89-72(117)53(33-60(107)108)87-65(110)45(79)21-25-55(80)99)75(120)90-50(30-36(2)3)66(111)81-34-56(100)92-61(37(4)5)74(119)91-54(35-95)73(118)84-46(12-10-11-29-78)68(113)94-63(40(8)96)76(121)82-39(7)64(109)83-47(22-26-57(101)102)67(112)86-49(77(122)123)24-28-59(105)106/h13-20,36-40,45-54,61-63,95-98H,9-12,21-35,78-79H2,1-8H3,(H2,80,99)(H,81,111)(H,82,121)(H,83,109)(H,84,118)(H,85,115)(H,86,112)(H,87,110)(H,88,116)(H,89,117)(H,90,120)(H,91,119)(H,92,100)(H,93,114)(H,94,113)(H,101,102)(H,103,104)(H,105,106)(H,107,108)(H,122,123)/t38-,39-,40+,45-,46-,47-,48-,49-,50-,51-,52-,53-,54-,61-,62-,63-/m0/s1. The summed E-state index contributed by atoms with van der Waals surface area (Å²) < 4.78 is 0. The van der Waals surface area contributed by atoms with Gasteiger partial charge in [-0.05, 0) is 125 Å². The van der Waals surface area contributed by atoms with Gasteiger partial charge in [-0.15, -0.1) is 0 Å². The number of carboxylic acid groups (broad SMARTS) is 5. The van der Waals surface area contributed by atoms with Crippen molar-refractivity contribution in [3.8, 4) is 11.5 Å². The first-order chi connectivity index (χ1) is 57.6. The molecule has 0 spiro atoms. The van der Waals surface area contributed by atoms with Crippen molar-refractivity contribution in [3.05, 3.63) is 59.7 Å². The lowest BCUT2D eigenvalue weighted by Crippen LogP contribution is -2.62. The smallest absolute Gasteiger partial charge is 0.326 e. The molecule has 0 aliphatic heterocycles. The Kier molecular flexibility index (Phi) is 46.5. The largest absolute Gasteiger partial charge is 0.508 e. The first kappa shape index (κ1) is 106. The van der Waals surface area contributed by atoms with Crippen molar-refractivity contribution in [3.63, 3.8) is 0 Å². The molecule has 0 unspecified atom stereocenters. The fourth-order valence-electron chi connectivity index (χ4n) is 11.7. The molecule has 0 heterocycles. The highest BCUT2D eigenvalue weighted by Gasteiger charge is 2.40. The first-order valence-corrected chi connectivity index (χ1v) is 39.5. The highest BCUT2D eigenvalue weighted by molar-refractivity contribution is 6.01. The Morgan fingerprint density at radius 1 is 0.390 bits per heavy atom. The van der Waals surface area contributed by atoms with Crippen molar-refractivity contribution in [1.82, 2.24) is 74.4 Å². The van der Waals surface area contributed by atoms with Gasteiger partial charge in [-0.25, -0.2) is 4.79 Å². The van der Waals surface area contributed by atoms with E-state index in [1.807, 2.05) is 5.32 Å². The number of amides is 15. The van der Waals surface area contributed by atoms with Crippen LogP contribution < -0.4 is 91.6 Å². The molecule has 2 aromatic rings. The number of hydrogen-bond donors (Lipinski definition) is 26. The number of nitrogens with two attached hydrogens (primary N) is 3. The molecule has 0 saturated heterocycles. The highest BCUT2D eigenvalue weighted by atomic mass is 16.4. The predicted octanol–water partition coefficient (Wildman–Crippen LogP) is -6.68. The molecule has 46 heteroatoms. The van der Waals surface area contributed by atoms with Gasteiger partial charge >= 0.3 is 29.8 Å². The minimum absolute atomic E-state index is 0.0954. The lowest BCUT2D eigenvalue weighted by atomic mass is 9.96. The Labute approximate surface area is 706 Å². The molecule has 0 aromatic heterocycles. The van der Waals surface area contributed by atoms with Crippen molar-refractivity contribution in [2.24, 2.45) is 35.0 Å². The van der Waals surface area contributed by atoms with Crippen LogP contribution in [0.3, 0.4) is 0 Å². The van der Waals surface area contributed by atoms with Crippen molar-refractivity contribution in [2.75, 3.05) is 19.7 Å². The molecule has 0 fully saturated rings. The van der Waals surface area contributed by atoms with Crippen LogP contribution >= 0.6 is 0 Å². The minimum atomic E-state index is -1.91. The van der Waals surface area contributed by atoms with E-state index in [0.29, 0.717) is 0 Å². The lowest BCUT2D eigenvalue weighted by molar-refractivity contribution is -0.144. The summed E-state index contributed by atoms with van der Waals surface area (Å²) in [5.74, 6) is -26.5. The zero-order valence-electron chi connectivity index (χ0n) is 69.4. The number of phenolic OH excluding ortho intramolecular Hbond substituents is 2. The summed E-state index contributed by atoms with van der Waals surface area (Å²) in [4.78, 5) is 265. The summed E-state index contributed by atoms with van der Waals surface area (Å²) in [6, 6.07) is -13.5. The highest BCUT2D eigenvalue weighted by Crippen LogP contribution is 2.18. The van der Waals surface area contributed by atoms with Gasteiger partial charge in [0.2, 0.25) is 88.6 Å². The number of aliphatic hydroxyl groups is 2. The van der Waals surface area contributed by atoms with E-state index in [-0.39, 0.29) is 80.0 Å². The number of aromatic hydroxyl groups is 2. The van der Waals surface area contributed by atoms with E-state index < -0.39 is 292 Å². The molecule has 46 nitrogen and oxygen atoms in total. The fraction of sp³-hybridized carbons (Fsp3) is 0.584. The van der Waals surface area contributed by atoms with E-state index in [1.54, 1.807) is 20.8 Å². The van der Waals surface area contributed by atoms with Crippen LogP contribution in [0.25, 0.3) is 0 Å². The van der Waals surface area contributed by atoms with E-state index in [0.717, 1.165) is 13.8 Å². The van der Waals surface area contributed by atoms with Crippen LogP contribution in [0, 0.1) is 17.8 Å². The van der Waals surface area contributed by atoms with Gasteiger partial charge in [-0.2, -0.15) is 0 Å². The average molecular weight is 1740 g/mol. The maximum Gasteiger partial charge on any atom is 0.326 e. The number of carboxylic acids is 5. The second-order valence-corrected chi connectivity index (χ2v) is 30.1. The monoisotopic (exact) mass is 1740 g/mol. The Hall–Kier alpha value is -12.7. The number of carbonyl (C=O) groups is 20. The van der Waals surface area contributed by atoms with Crippen LogP contribution in [0.15, 0.2) is 48.5 Å². The van der Waals surface area contributed by atoms with Crippen molar-refractivity contribution in [1.29, 1.82) is 0 Å². The second kappa shape index (κ2) is 53.8. The van der Waals surface area contributed by atoms with Gasteiger partial charge in [0.15, 0.2) is 0 Å². The maximum absolute atomic E-state index is 14.7. The summed E-state index contributed by atoms with van der Waals surface area (Å²) in [5, 5.41) is 122. The summed E-state index contributed by atoms with van der Waals surface area (Å²) in [5.41, 5.74) is 17.3. The third-order valence-corrected chi connectivity index (χ3v) is 18.9. The number of hydrogen-bond acceptors (Lipinski definition) is 26. The Bertz CT molecular complexity index is 4000. The van der Waals surface area contributed by atoms with E-state index in [4.69, 9.17) is 22.3 Å². The average Bonchev–Trinajstić information content (AvgIpc) is 0.840. The number of benzene rings is 2. The van der Waals surface area contributed by atoms with Gasteiger partial charge in [0.05, 0.1) is 31.7 Å². The topological polar surface area (TPSA) is 770 Å². The SMILES string of the molecule is CC[C@H](C)[C@H](NC(=O)[C@H](CCC(=O)O)NC(=O)[C@H](Cc1ccc(O)cc1)NC(=O)[C@H](Cc1ccc(O)cc1)NC(=O)[C@H](CC(=O)O)NC(=O)[C@@H](N)CCC(N)=O)C(=O)N[C@@H](CC(C)C)C(=O)NCC(=O)N[C@H](C(=O)N[C@@H](CO)C(=O)N[C@@H](CCCCN)C(=O)N[C@H](C(=O)N[C@@H](C)C(=O)N[C@@H](CCC(=O)O)C(=O)N[C@@H](CCC(=O)O)C(=O)O)[C@@H](C)O)C(C)C. The van der Waals surface area contributed by atoms with Crippen LogP contribution in [0.1, 0.15) is 156 Å². The van der Waals surface area contributed by atoms with Gasteiger partial charge in [-0.1, -0.05) is 72.2 Å². The lowest BCUT2D eigenvalue weighted by Gasteiger charge is -2.29. The molecule has 0 saturated carbocycles. The molecule has 2 rings (SSSR count). The first-order valence-electron chi connectivity index (χ1n) is 39.5. The van der Waals surface area contributed by atoms with Crippen molar-refractivity contribution in [2.45, 2.75) is 249 Å². The molecule has 0 bridgehead atoms. The van der Waals surface area contributed by atoms with E-state index in [2.05, 4.69) is 69.1 Å². The van der Waals surface area contributed by atoms with Gasteiger partial charge in [0.1, 0.15) is 90.0 Å². The number of unbranched alkanes of at least 4 members (excludes halogenated alkanes) is 1. The molecule has 684 valence electrons. The zero-order valence-corrected chi connectivity index (χ0v) is 69.4. The van der Waals surface area contributed by atoms with Gasteiger partial charge in [0.25, 0.3) is 0 Å². The number of nitrogens with one attached hydrogen (secondary N) is 14. The number of rotatable bonds is 58. The quantitative estimate of drug-likeness (QED) is 0.0274. The Morgan fingerprint density at radius 3 is 1.21 bits per heavy atom. The summed E-state index contributed by atoms with van der Waals surface area (Å²) in [6.07, 6.45) is -8.20. The van der Waals surface area contributed by atoms with Gasteiger partial charge in [-0.3, -0.25) is 91.1 Å². The Morgan fingerprint density at radius 2 is 0.780 bits per heavy atom. The van der Waals surface area contributed by atoms with Crippen molar-refractivity contribution < 1.29 is 142 Å². The molecule has 0 aliphatic carbocycles. The van der Waals surface area contributed by atoms with Crippen molar-refractivity contribution >= 4 is 118 Å². The number of aliphatic carboxylic acids is 5. The molecule has 0 radical (unpaired) electrons. The molecular formula is C77H117N17O29. The molecule has 29 N–H and O–H groups in total. The second-order valence-electron chi connectivity index (χ2n) is 30.1. The van der Waals surface area contributed by atoms with Crippen LogP contribution in [-0.4, -0.2) is 275 Å². The fourth-order valence-corrected chi connectivity index (χ4v) is 11.7.